The van der Waals surface area contributed by atoms with E-state index in [-0.39, 0.29) is 27.9 Å². The van der Waals surface area contributed by atoms with Crippen LogP contribution in [0.5, 0.6) is 5.75 Å². The average molecular weight is 346 g/mol. The summed E-state index contributed by atoms with van der Waals surface area (Å²) in [6.45, 7) is 0. The van der Waals surface area contributed by atoms with E-state index in [0.717, 1.165) is 0 Å². The van der Waals surface area contributed by atoms with Gasteiger partial charge in [-0.2, -0.15) is 0 Å². The maximum Gasteiger partial charge on any atom is 0.306 e. The quantitative estimate of drug-likeness (QED) is 0.876. The van der Waals surface area contributed by atoms with Gasteiger partial charge in [-0.1, -0.05) is 23.2 Å². The summed E-state index contributed by atoms with van der Waals surface area (Å²) in [7, 11) is 1.45. The number of benzene rings is 1. The molecule has 1 fully saturated rings. The number of amides is 1. The van der Waals surface area contributed by atoms with Crippen molar-refractivity contribution in [2.24, 2.45) is 5.92 Å². The molecule has 5 nitrogen and oxygen atoms in total. The van der Waals surface area contributed by atoms with E-state index in [0.29, 0.717) is 37.0 Å². The minimum Gasteiger partial charge on any atom is -0.494 e. The summed E-state index contributed by atoms with van der Waals surface area (Å²) in [6, 6.07) is 2.98. The van der Waals surface area contributed by atoms with E-state index < -0.39 is 5.97 Å². The first kappa shape index (κ1) is 16.9. The first-order valence-corrected chi connectivity index (χ1v) is 7.74. The normalized spacial score (nSPS) is 21.2. The Labute approximate surface area is 138 Å². The molecule has 120 valence electrons. The number of halogens is 2. The molecule has 22 heavy (non-hydrogen) atoms. The molecule has 0 radical (unpaired) electrons. The van der Waals surface area contributed by atoms with Crippen LogP contribution in [0.15, 0.2) is 12.1 Å². The van der Waals surface area contributed by atoms with Crippen LogP contribution in [0.4, 0.5) is 0 Å². The van der Waals surface area contributed by atoms with Gasteiger partial charge in [0, 0.05) is 11.6 Å². The molecule has 1 aromatic carbocycles. The van der Waals surface area contributed by atoms with Gasteiger partial charge in [0.05, 0.1) is 23.1 Å². The fraction of sp³-hybridized carbons (Fsp3) is 0.467. The van der Waals surface area contributed by atoms with Crippen molar-refractivity contribution in [2.75, 3.05) is 7.11 Å². The highest BCUT2D eigenvalue weighted by atomic mass is 35.5. The summed E-state index contributed by atoms with van der Waals surface area (Å²) < 4.78 is 5.04. The zero-order chi connectivity index (χ0) is 16.3. The molecule has 1 aliphatic rings. The van der Waals surface area contributed by atoms with Crippen LogP contribution in [0, 0.1) is 5.92 Å². The lowest BCUT2D eigenvalue weighted by Crippen LogP contribution is -2.38. The number of carbonyl (C=O) groups is 2. The van der Waals surface area contributed by atoms with Crippen molar-refractivity contribution in [1.82, 2.24) is 5.32 Å². The molecule has 2 rings (SSSR count). The Balaban J connectivity index is 2.00. The third kappa shape index (κ3) is 3.84. The second-order valence-corrected chi connectivity index (χ2v) is 6.15. The van der Waals surface area contributed by atoms with E-state index in [1.165, 1.54) is 19.2 Å². The maximum absolute atomic E-state index is 12.2. The summed E-state index contributed by atoms with van der Waals surface area (Å²) in [6.07, 6.45) is 2.45. The summed E-state index contributed by atoms with van der Waals surface area (Å²) >= 11 is 12.0. The highest BCUT2D eigenvalue weighted by molar-refractivity contribution is 6.37. The Morgan fingerprint density at radius 1 is 1.18 bits per heavy atom. The number of carbonyl (C=O) groups excluding carboxylic acids is 1. The van der Waals surface area contributed by atoms with Gasteiger partial charge in [0.1, 0.15) is 0 Å². The smallest absolute Gasteiger partial charge is 0.306 e. The van der Waals surface area contributed by atoms with Crippen LogP contribution in [0.3, 0.4) is 0 Å². The summed E-state index contributed by atoms with van der Waals surface area (Å²) in [5.74, 6) is -1.01. The molecular formula is C15H17Cl2NO4. The third-order valence-electron chi connectivity index (χ3n) is 3.88. The molecule has 1 saturated carbocycles. The Kier molecular flexibility index (Phi) is 5.53. The van der Waals surface area contributed by atoms with E-state index in [1.54, 1.807) is 0 Å². The summed E-state index contributed by atoms with van der Waals surface area (Å²) in [5.41, 5.74) is 0.358. The van der Waals surface area contributed by atoms with Gasteiger partial charge in [-0.25, -0.2) is 0 Å². The lowest BCUT2D eigenvalue weighted by Gasteiger charge is -2.26. The number of hydrogen-bond donors (Lipinski definition) is 2. The minimum atomic E-state index is -0.765. The molecule has 0 bridgehead atoms. The van der Waals surface area contributed by atoms with Gasteiger partial charge in [-0.15, -0.1) is 0 Å². The number of rotatable bonds is 4. The molecule has 2 N–H and O–H groups in total. The van der Waals surface area contributed by atoms with Crippen LogP contribution in [-0.2, 0) is 4.79 Å². The summed E-state index contributed by atoms with van der Waals surface area (Å²) in [4.78, 5) is 23.2. The number of ether oxygens (including phenoxy) is 1. The molecule has 1 amide bonds. The summed E-state index contributed by atoms with van der Waals surface area (Å²) in [5, 5.41) is 12.4. The van der Waals surface area contributed by atoms with E-state index >= 15 is 0 Å². The Bertz CT molecular complexity index is 560. The fourth-order valence-electron chi connectivity index (χ4n) is 2.64. The topological polar surface area (TPSA) is 75.6 Å². The Hall–Kier alpha value is -1.46. The molecule has 0 spiro atoms. The molecule has 0 aromatic heterocycles. The predicted octanol–water partition coefficient (Wildman–Crippen LogP) is 3.38. The van der Waals surface area contributed by atoms with Gasteiger partial charge in [0.15, 0.2) is 5.75 Å². The minimum absolute atomic E-state index is 0.0252. The van der Waals surface area contributed by atoms with Gasteiger partial charge in [-0.3, -0.25) is 9.59 Å². The van der Waals surface area contributed by atoms with Gasteiger partial charge in [0.25, 0.3) is 5.91 Å². The zero-order valence-electron chi connectivity index (χ0n) is 12.1. The molecule has 1 aliphatic carbocycles. The lowest BCUT2D eigenvalue weighted by atomic mass is 9.86. The van der Waals surface area contributed by atoms with Crippen LogP contribution in [0.2, 0.25) is 10.0 Å². The number of methoxy groups -OCH3 is 1. The molecule has 7 heteroatoms. The molecule has 0 unspecified atom stereocenters. The van der Waals surface area contributed by atoms with Crippen molar-refractivity contribution >= 4 is 35.1 Å². The fourth-order valence-corrected chi connectivity index (χ4v) is 3.28. The first-order chi connectivity index (χ1) is 10.4. The molecular weight excluding hydrogens is 329 g/mol. The number of aliphatic carboxylic acids is 1. The van der Waals surface area contributed by atoms with Crippen molar-refractivity contribution in [3.8, 4) is 5.75 Å². The number of carboxylic acids is 1. The van der Waals surface area contributed by atoms with E-state index in [4.69, 9.17) is 33.0 Å². The highest BCUT2D eigenvalue weighted by Gasteiger charge is 2.27. The first-order valence-electron chi connectivity index (χ1n) is 6.99. The molecule has 0 aliphatic heterocycles. The Morgan fingerprint density at radius 3 is 2.18 bits per heavy atom. The van der Waals surface area contributed by atoms with E-state index in [9.17, 15) is 9.59 Å². The standard InChI is InChI=1S/C15H17Cl2NO4/c1-22-13-11(16)6-9(7-12(13)17)14(19)18-10-4-2-8(3-5-10)15(20)21/h6-8,10H,2-5H2,1H3,(H,18,19)(H,20,21). The van der Waals surface area contributed by atoms with Crippen molar-refractivity contribution < 1.29 is 19.4 Å². The van der Waals surface area contributed by atoms with Crippen molar-refractivity contribution in [2.45, 2.75) is 31.7 Å². The van der Waals surface area contributed by atoms with Gasteiger partial charge < -0.3 is 15.2 Å². The molecule has 1 aromatic rings. The number of hydrogen-bond acceptors (Lipinski definition) is 3. The van der Waals surface area contributed by atoms with E-state index in [1.807, 2.05) is 0 Å². The second-order valence-electron chi connectivity index (χ2n) is 5.33. The monoisotopic (exact) mass is 345 g/mol. The van der Waals surface area contributed by atoms with Crippen LogP contribution in [-0.4, -0.2) is 30.1 Å². The molecule has 0 heterocycles. The van der Waals surface area contributed by atoms with Gasteiger partial charge in [-0.05, 0) is 37.8 Å². The zero-order valence-corrected chi connectivity index (χ0v) is 13.6. The van der Waals surface area contributed by atoms with E-state index in [2.05, 4.69) is 5.32 Å². The Morgan fingerprint density at radius 2 is 1.73 bits per heavy atom. The second kappa shape index (κ2) is 7.20. The maximum atomic E-state index is 12.2. The van der Waals surface area contributed by atoms with Crippen LogP contribution < -0.4 is 10.1 Å². The van der Waals surface area contributed by atoms with Crippen molar-refractivity contribution in [3.05, 3.63) is 27.7 Å². The van der Waals surface area contributed by atoms with Crippen molar-refractivity contribution in [1.29, 1.82) is 0 Å². The van der Waals surface area contributed by atoms with Crippen LogP contribution in [0.1, 0.15) is 36.0 Å². The van der Waals surface area contributed by atoms with Gasteiger partial charge >= 0.3 is 5.97 Å². The molecule has 0 atom stereocenters. The SMILES string of the molecule is COc1c(Cl)cc(C(=O)NC2CCC(C(=O)O)CC2)cc1Cl. The highest BCUT2D eigenvalue weighted by Crippen LogP contribution is 2.34. The lowest BCUT2D eigenvalue weighted by molar-refractivity contribution is -0.142. The largest absolute Gasteiger partial charge is 0.494 e. The van der Waals surface area contributed by atoms with Crippen LogP contribution in [0.25, 0.3) is 0 Å². The van der Waals surface area contributed by atoms with Crippen LogP contribution >= 0.6 is 23.2 Å². The third-order valence-corrected chi connectivity index (χ3v) is 4.44. The molecule has 0 saturated heterocycles. The average Bonchev–Trinajstić information content (AvgIpc) is 2.47. The number of nitrogens with one attached hydrogen (secondary N) is 1. The van der Waals surface area contributed by atoms with Gasteiger partial charge in [0.2, 0.25) is 0 Å². The number of carboxylic acid groups (broad SMARTS) is 1. The predicted molar refractivity (Wildman–Crippen MR) is 83.9 cm³/mol. The van der Waals surface area contributed by atoms with Crippen molar-refractivity contribution in [3.63, 3.8) is 0 Å².